The molecule has 0 aromatic carbocycles. The molecular formula is C15H33N3O6. The van der Waals surface area contributed by atoms with E-state index >= 15 is 0 Å². The molecule has 24 heavy (non-hydrogen) atoms. The van der Waals surface area contributed by atoms with Gasteiger partial charge in [-0.05, 0) is 62.3 Å². The standard InChI is InChI=1S/3C5H11NO2/c3*1-5(2,3)8-4(6)7/h3*1-3H3,(H2,6,7). The van der Waals surface area contributed by atoms with Crippen molar-refractivity contribution in [2.24, 2.45) is 17.2 Å². The van der Waals surface area contributed by atoms with Crippen molar-refractivity contribution in [3.8, 4) is 0 Å². The Balaban J connectivity index is -0.000000276. The normalized spacial score (nSPS) is 10.9. The summed E-state index contributed by atoms with van der Waals surface area (Å²) in [5.41, 5.74) is 12.8. The van der Waals surface area contributed by atoms with Gasteiger partial charge in [-0.2, -0.15) is 0 Å². The zero-order chi connectivity index (χ0) is 20.4. The monoisotopic (exact) mass is 351 g/mol. The van der Waals surface area contributed by atoms with E-state index in [1.54, 1.807) is 62.3 Å². The van der Waals surface area contributed by atoms with E-state index in [4.69, 9.17) is 17.2 Å². The first-order valence-electron chi connectivity index (χ1n) is 7.20. The zero-order valence-corrected chi connectivity index (χ0v) is 16.2. The van der Waals surface area contributed by atoms with E-state index in [1.165, 1.54) is 0 Å². The van der Waals surface area contributed by atoms with Gasteiger partial charge < -0.3 is 31.4 Å². The van der Waals surface area contributed by atoms with Crippen LogP contribution in [0.5, 0.6) is 0 Å². The molecule has 0 saturated carbocycles. The molecule has 0 fully saturated rings. The molecule has 0 heterocycles. The van der Waals surface area contributed by atoms with Gasteiger partial charge in [0.1, 0.15) is 16.8 Å². The summed E-state index contributed by atoms with van der Waals surface area (Å²) < 4.78 is 13.7. The lowest BCUT2D eigenvalue weighted by Crippen LogP contribution is -2.27. The Morgan fingerprint density at radius 1 is 0.500 bits per heavy atom. The molecule has 0 atom stereocenters. The number of hydrogen-bond donors (Lipinski definition) is 3. The average molecular weight is 351 g/mol. The third kappa shape index (κ3) is 42.7. The molecule has 144 valence electrons. The Bertz CT molecular complexity index is 341. The van der Waals surface area contributed by atoms with Crippen LogP contribution in [-0.2, 0) is 14.2 Å². The minimum Gasteiger partial charge on any atom is -0.444 e. The maximum atomic E-state index is 10.0. The molecule has 9 nitrogen and oxygen atoms in total. The molecule has 0 rings (SSSR count). The van der Waals surface area contributed by atoms with E-state index in [0.29, 0.717) is 0 Å². The first-order chi connectivity index (χ1) is 10.2. The van der Waals surface area contributed by atoms with Gasteiger partial charge in [-0.1, -0.05) is 0 Å². The van der Waals surface area contributed by atoms with Gasteiger partial charge >= 0.3 is 18.3 Å². The van der Waals surface area contributed by atoms with Gasteiger partial charge in [-0.3, -0.25) is 0 Å². The van der Waals surface area contributed by atoms with Gasteiger partial charge in [0.2, 0.25) is 0 Å². The summed E-state index contributed by atoms with van der Waals surface area (Å²) in [7, 11) is 0. The Labute approximate surface area is 144 Å². The highest BCUT2D eigenvalue weighted by molar-refractivity contribution is 5.65. The lowest BCUT2D eigenvalue weighted by Gasteiger charge is -2.16. The summed E-state index contributed by atoms with van der Waals surface area (Å²) in [6, 6.07) is 0. The number of ether oxygens (including phenoxy) is 3. The summed E-state index contributed by atoms with van der Waals surface area (Å²) in [6.45, 7) is 15.9. The fraction of sp³-hybridized carbons (Fsp3) is 0.800. The molecule has 0 aliphatic carbocycles. The van der Waals surface area contributed by atoms with Gasteiger partial charge in [0.05, 0.1) is 0 Å². The van der Waals surface area contributed by atoms with Crippen LogP contribution in [0.25, 0.3) is 0 Å². The number of carbonyl (C=O) groups excluding carboxylic acids is 3. The van der Waals surface area contributed by atoms with Crippen molar-refractivity contribution in [2.75, 3.05) is 0 Å². The van der Waals surface area contributed by atoms with E-state index in [9.17, 15) is 14.4 Å². The Morgan fingerprint density at radius 3 is 0.625 bits per heavy atom. The van der Waals surface area contributed by atoms with Gasteiger partial charge in [-0.15, -0.1) is 0 Å². The Kier molecular flexibility index (Phi) is 11.7. The molecule has 0 bridgehead atoms. The smallest absolute Gasteiger partial charge is 0.405 e. The van der Waals surface area contributed by atoms with Crippen molar-refractivity contribution in [1.29, 1.82) is 0 Å². The van der Waals surface area contributed by atoms with Crippen LogP contribution in [0.3, 0.4) is 0 Å². The van der Waals surface area contributed by atoms with Crippen molar-refractivity contribution in [3.05, 3.63) is 0 Å². The van der Waals surface area contributed by atoms with Crippen LogP contribution in [0, 0.1) is 0 Å². The van der Waals surface area contributed by atoms with E-state index in [0.717, 1.165) is 0 Å². The van der Waals surface area contributed by atoms with Crippen molar-refractivity contribution in [2.45, 2.75) is 79.1 Å². The number of nitrogens with two attached hydrogens (primary N) is 3. The molecule has 0 unspecified atom stereocenters. The third-order valence-corrected chi connectivity index (χ3v) is 1.22. The van der Waals surface area contributed by atoms with E-state index in [-0.39, 0.29) is 0 Å². The van der Waals surface area contributed by atoms with E-state index in [1.807, 2.05) is 0 Å². The highest BCUT2D eigenvalue weighted by Crippen LogP contribution is 2.06. The van der Waals surface area contributed by atoms with Crippen molar-refractivity contribution in [1.82, 2.24) is 0 Å². The van der Waals surface area contributed by atoms with E-state index in [2.05, 4.69) is 14.2 Å². The number of amides is 3. The zero-order valence-electron chi connectivity index (χ0n) is 16.2. The summed E-state index contributed by atoms with van der Waals surface area (Å²) in [4.78, 5) is 30.0. The van der Waals surface area contributed by atoms with Crippen molar-refractivity contribution < 1.29 is 28.6 Å². The number of primary amides is 3. The molecule has 0 aromatic heterocycles. The van der Waals surface area contributed by atoms with Gasteiger partial charge in [-0.25, -0.2) is 14.4 Å². The highest BCUT2D eigenvalue weighted by Gasteiger charge is 2.13. The predicted octanol–water partition coefficient (Wildman–Crippen LogP) is 2.64. The summed E-state index contributed by atoms with van der Waals surface area (Å²) in [5, 5.41) is 0. The summed E-state index contributed by atoms with van der Waals surface area (Å²) >= 11 is 0. The minimum atomic E-state index is -0.725. The molecule has 3 amide bonds. The molecule has 0 radical (unpaired) electrons. The van der Waals surface area contributed by atoms with Crippen LogP contribution in [0.1, 0.15) is 62.3 Å². The summed E-state index contributed by atoms with van der Waals surface area (Å²) in [5.74, 6) is 0. The highest BCUT2D eigenvalue weighted by atomic mass is 16.6. The molecule has 0 aliphatic rings. The molecular weight excluding hydrogens is 318 g/mol. The fourth-order valence-corrected chi connectivity index (χ4v) is 0.905. The minimum absolute atomic E-state index is 0.453. The maximum absolute atomic E-state index is 10.0. The molecule has 6 N–H and O–H groups in total. The van der Waals surface area contributed by atoms with Gasteiger partial charge in [0.25, 0.3) is 0 Å². The largest absolute Gasteiger partial charge is 0.444 e. The molecule has 0 aliphatic heterocycles. The number of hydrogen-bond acceptors (Lipinski definition) is 6. The Hall–Kier alpha value is -2.19. The molecule has 0 saturated heterocycles. The van der Waals surface area contributed by atoms with Crippen LogP contribution >= 0.6 is 0 Å². The van der Waals surface area contributed by atoms with E-state index < -0.39 is 35.1 Å². The molecule has 0 aromatic rings. The predicted molar refractivity (Wildman–Crippen MR) is 91.3 cm³/mol. The van der Waals surface area contributed by atoms with Crippen molar-refractivity contribution in [3.63, 3.8) is 0 Å². The SMILES string of the molecule is CC(C)(C)OC(N)=O.CC(C)(C)OC(N)=O.CC(C)(C)OC(N)=O. The molecule has 0 spiro atoms. The van der Waals surface area contributed by atoms with Crippen molar-refractivity contribution >= 4 is 18.3 Å². The number of carbonyl (C=O) groups is 3. The fourth-order valence-electron chi connectivity index (χ4n) is 0.905. The second-order valence-electron chi connectivity index (χ2n) is 7.60. The quantitative estimate of drug-likeness (QED) is 0.569. The van der Waals surface area contributed by atoms with Crippen LogP contribution in [0.4, 0.5) is 14.4 Å². The first kappa shape index (κ1) is 26.7. The average Bonchev–Trinajstić information content (AvgIpc) is 2.04. The Morgan fingerprint density at radius 2 is 0.625 bits per heavy atom. The second-order valence-corrected chi connectivity index (χ2v) is 7.60. The third-order valence-electron chi connectivity index (χ3n) is 1.22. The molecule has 9 heteroatoms. The second kappa shape index (κ2) is 10.6. The van der Waals surface area contributed by atoms with Crippen LogP contribution in [0.15, 0.2) is 0 Å². The summed E-state index contributed by atoms with van der Waals surface area (Å²) in [6.07, 6.45) is -2.17. The van der Waals surface area contributed by atoms with Gasteiger partial charge in [0, 0.05) is 0 Å². The lowest BCUT2D eigenvalue weighted by atomic mass is 10.2. The topological polar surface area (TPSA) is 157 Å². The van der Waals surface area contributed by atoms with Crippen LogP contribution < -0.4 is 17.2 Å². The number of rotatable bonds is 0. The van der Waals surface area contributed by atoms with Gasteiger partial charge in [0.15, 0.2) is 0 Å². The van der Waals surface area contributed by atoms with Crippen LogP contribution in [-0.4, -0.2) is 35.1 Å². The lowest BCUT2D eigenvalue weighted by molar-refractivity contribution is 0.0588. The first-order valence-corrected chi connectivity index (χ1v) is 7.20. The maximum Gasteiger partial charge on any atom is 0.405 e. The van der Waals surface area contributed by atoms with Crippen LogP contribution in [0.2, 0.25) is 0 Å².